The van der Waals surface area contributed by atoms with Crippen molar-refractivity contribution in [2.75, 3.05) is 52.4 Å². The molecule has 27 heavy (non-hydrogen) atoms. The van der Waals surface area contributed by atoms with E-state index in [1.54, 1.807) is 0 Å². The van der Waals surface area contributed by atoms with Crippen LogP contribution in [0.5, 0.6) is 0 Å². The molecule has 3 heterocycles. The molecule has 0 radical (unpaired) electrons. The molecule has 3 aliphatic heterocycles. The zero-order chi connectivity index (χ0) is 19.3. The molecule has 0 bridgehead atoms. The summed E-state index contributed by atoms with van der Waals surface area (Å²) in [4.78, 5) is 10.2. The maximum absolute atomic E-state index is 6.16. The number of aliphatic imine (C=N–C) groups is 1. The highest BCUT2D eigenvalue weighted by atomic mass is 16.5. The number of rotatable bonds is 5. The predicted octanol–water partition coefficient (Wildman–Crippen LogP) is 3.21. The normalized spacial score (nSPS) is 30.9. The number of likely N-dealkylation sites (tertiary alicyclic amines) is 2. The van der Waals surface area contributed by atoms with Gasteiger partial charge in [-0.05, 0) is 63.5 Å². The number of ether oxygens (including phenoxy) is 1. The molecule has 0 aliphatic carbocycles. The van der Waals surface area contributed by atoms with E-state index >= 15 is 0 Å². The molecule has 5 heteroatoms. The van der Waals surface area contributed by atoms with Gasteiger partial charge in [0.25, 0.3) is 0 Å². The molecule has 3 saturated heterocycles. The molecule has 3 aliphatic rings. The molecule has 3 unspecified atom stereocenters. The lowest BCUT2D eigenvalue weighted by molar-refractivity contribution is -0.0824. The van der Waals surface area contributed by atoms with Crippen molar-refractivity contribution >= 4 is 5.96 Å². The van der Waals surface area contributed by atoms with Crippen molar-refractivity contribution in [1.29, 1.82) is 0 Å². The maximum Gasteiger partial charge on any atom is 0.193 e. The SMILES string of the molecule is CCNC(=NCC1CCCOC1C(C)(C)C)N1CCC(CN2CCCC2)C1. The first-order valence-corrected chi connectivity index (χ1v) is 11.3. The Balaban J connectivity index is 1.57. The van der Waals surface area contributed by atoms with Crippen molar-refractivity contribution in [3.63, 3.8) is 0 Å². The Morgan fingerprint density at radius 3 is 2.59 bits per heavy atom. The molecule has 0 aromatic rings. The van der Waals surface area contributed by atoms with Crippen molar-refractivity contribution in [3.8, 4) is 0 Å². The molecule has 0 saturated carbocycles. The lowest BCUT2D eigenvalue weighted by Gasteiger charge is -2.39. The van der Waals surface area contributed by atoms with E-state index in [-0.39, 0.29) is 5.41 Å². The highest BCUT2D eigenvalue weighted by Gasteiger charge is 2.35. The fourth-order valence-electron chi connectivity index (χ4n) is 5.12. The number of nitrogens with one attached hydrogen (secondary N) is 1. The van der Waals surface area contributed by atoms with Gasteiger partial charge in [-0.1, -0.05) is 20.8 Å². The second-order valence-corrected chi connectivity index (χ2v) is 9.86. The van der Waals surface area contributed by atoms with Gasteiger partial charge in [0.05, 0.1) is 6.10 Å². The van der Waals surface area contributed by atoms with Crippen LogP contribution in [0.4, 0.5) is 0 Å². The average Bonchev–Trinajstić information content (AvgIpc) is 3.30. The zero-order valence-electron chi connectivity index (χ0n) is 18.2. The van der Waals surface area contributed by atoms with Crippen LogP contribution in [0.3, 0.4) is 0 Å². The molecule has 5 nitrogen and oxygen atoms in total. The van der Waals surface area contributed by atoms with Crippen LogP contribution in [0.25, 0.3) is 0 Å². The largest absolute Gasteiger partial charge is 0.377 e. The van der Waals surface area contributed by atoms with Gasteiger partial charge in [0.2, 0.25) is 0 Å². The van der Waals surface area contributed by atoms with Gasteiger partial charge in [0, 0.05) is 45.2 Å². The minimum atomic E-state index is 0.188. The van der Waals surface area contributed by atoms with E-state index in [4.69, 9.17) is 9.73 Å². The van der Waals surface area contributed by atoms with Gasteiger partial charge in [-0.2, -0.15) is 0 Å². The predicted molar refractivity (Wildman–Crippen MR) is 113 cm³/mol. The second-order valence-electron chi connectivity index (χ2n) is 9.86. The quantitative estimate of drug-likeness (QED) is 0.589. The lowest BCUT2D eigenvalue weighted by Crippen LogP contribution is -2.43. The smallest absolute Gasteiger partial charge is 0.193 e. The van der Waals surface area contributed by atoms with Crippen LogP contribution in [0, 0.1) is 17.3 Å². The van der Waals surface area contributed by atoms with Gasteiger partial charge in [-0.3, -0.25) is 4.99 Å². The van der Waals surface area contributed by atoms with E-state index in [0.717, 1.165) is 44.7 Å². The van der Waals surface area contributed by atoms with Gasteiger partial charge < -0.3 is 19.9 Å². The molecule has 3 atom stereocenters. The van der Waals surface area contributed by atoms with Crippen LogP contribution in [0.1, 0.15) is 59.8 Å². The van der Waals surface area contributed by atoms with Crippen LogP contribution in [0.2, 0.25) is 0 Å². The maximum atomic E-state index is 6.16. The fraction of sp³-hybridized carbons (Fsp3) is 0.955. The first kappa shape index (κ1) is 20.9. The van der Waals surface area contributed by atoms with Crippen molar-refractivity contribution in [3.05, 3.63) is 0 Å². The van der Waals surface area contributed by atoms with Gasteiger partial charge in [-0.15, -0.1) is 0 Å². The Morgan fingerprint density at radius 1 is 1.11 bits per heavy atom. The third-order valence-electron chi connectivity index (χ3n) is 6.41. The minimum Gasteiger partial charge on any atom is -0.377 e. The summed E-state index contributed by atoms with van der Waals surface area (Å²) in [6.07, 6.45) is 6.81. The highest BCUT2D eigenvalue weighted by molar-refractivity contribution is 5.80. The first-order chi connectivity index (χ1) is 13.0. The summed E-state index contributed by atoms with van der Waals surface area (Å²) in [5.41, 5.74) is 0.188. The Bertz CT molecular complexity index is 481. The molecule has 0 aromatic heterocycles. The summed E-state index contributed by atoms with van der Waals surface area (Å²) < 4.78 is 6.16. The van der Waals surface area contributed by atoms with Crippen molar-refractivity contribution in [1.82, 2.24) is 15.1 Å². The Labute approximate surface area is 166 Å². The van der Waals surface area contributed by atoms with Gasteiger partial charge >= 0.3 is 0 Å². The average molecular weight is 379 g/mol. The second kappa shape index (κ2) is 9.60. The summed E-state index contributed by atoms with van der Waals surface area (Å²) in [7, 11) is 0. The number of hydrogen-bond donors (Lipinski definition) is 1. The Morgan fingerprint density at radius 2 is 1.89 bits per heavy atom. The number of hydrogen-bond acceptors (Lipinski definition) is 3. The molecular formula is C22H42N4O. The molecule has 3 rings (SSSR count). The van der Waals surface area contributed by atoms with Crippen molar-refractivity contribution < 1.29 is 4.74 Å². The van der Waals surface area contributed by atoms with Gasteiger partial charge in [0.15, 0.2) is 5.96 Å². The summed E-state index contributed by atoms with van der Waals surface area (Å²) in [5, 5.41) is 3.55. The zero-order valence-corrected chi connectivity index (χ0v) is 18.2. The van der Waals surface area contributed by atoms with Crippen LogP contribution in [-0.4, -0.2) is 74.3 Å². The van der Waals surface area contributed by atoms with E-state index in [2.05, 4.69) is 42.8 Å². The van der Waals surface area contributed by atoms with Crippen molar-refractivity contribution in [2.45, 2.75) is 65.9 Å². The third kappa shape index (κ3) is 5.83. The molecule has 0 amide bonds. The van der Waals surface area contributed by atoms with E-state index in [9.17, 15) is 0 Å². The minimum absolute atomic E-state index is 0.188. The third-order valence-corrected chi connectivity index (χ3v) is 6.41. The topological polar surface area (TPSA) is 40.1 Å². The lowest BCUT2D eigenvalue weighted by atomic mass is 9.78. The van der Waals surface area contributed by atoms with Crippen LogP contribution in [0.15, 0.2) is 4.99 Å². The van der Waals surface area contributed by atoms with Crippen molar-refractivity contribution in [2.24, 2.45) is 22.2 Å². The summed E-state index contributed by atoms with van der Waals surface area (Å²) in [6, 6.07) is 0. The molecular weight excluding hydrogens is 336 g/mol. The van der Waals surface area contributed by atoms with E-state index < -0.39 is 0 Å². The van der Waals surface area contributed by atoms with Crippen LogP contribution < -0.4 is 5.32 Å². The molecule has 156 valence electrons. The summed E-state index contributed by atoms with van der Waals surface area (Å²) in [5.74, 6) is 2.46. The fourth-order valence-corrected chi connectivity index (χ4v) is 5.12. The molecule has 0 aromatic carbocycles. The summed E-state index contributed by atoms with van der Waals surface area (Å²) >= 11 is 0. The van der Waals surface area contributed by atoms with E-state index in [0.29, 0.717) is 12.0 Å². The Kier molecular flexibility index (Phi) is 7.43. The number of nitrogens with zero attached hydrogens (tertiary/aromatic N) is 3. The van der Waals surface area contributed by atoms with E-state index in [1.165, 1.54) is 51.7 Å². The van der Waals surface area contributed by atoms with Gasteiger partial charge in [-0.25, -0.2) is 0 Å². The molecule has 1 N–H and O–H groups in total. The molecule has 0 spiro atoms. The monoisotopic (exact) mass is 378 g/mol. The summed E-state index contributed by atoms with van der Waals surface area (Å²) in [6.45, 7) is 18.0. The van der Waals surface area contributed by atoms with Crippen LogP contribution >= 0.6 is 0 Å². The highest BCUT2D eigenvalue weighted by Crippen LogP contribution is 2.34. The molecule has 3 fully saturated rings. The Hall–Kier alpha value is -0.810. The first-order valence-electron chi connectivity index (χ1n) is 11.3. The number of guanidine groups is 1. The van der Waals surface area contributed by atoms with Crippen LogP contribution in [-0.2, 0) is 4.74 Å². The van der Waals surface area contributed by atoms with E-state index in [1.807, 2.05) is 0 Å². The standard InChI is InChI=1S/C22H42N4O/c1-5-23-21(24-15-19-9-8-14-27-20(19)22(2,3)4)26-13-10-18(17-26)16-25-11-6-7-12-25/h18-20H,5-17H2,1-4H3,(H,23,24). The van der Waals surface area contributed by atoms with Gasteiger partial charge in [0.1, 0.15) is 0 Å².